The number of rotatable bonds is 4. The average molecular weight is 469 g/mol. The minimum Gasteiger partial charge on any atom is -0.331 e. The number of halogens is 2. The quantitative estimate of drug-likeness (QED) is 0.741. The molecule has 29 heavy (non-hydrogen) atoms. The number of aromatic nitrogens is 1. The summed E-state index contributed by atoms with van der Waals surface area (Å²) in [4.78, 5) is 19.5. The number of amides is 1. The number of allylic oxidation sites excluding steroid dienone is 2. The number of carbonyl (C=O) groups is 1. The van der Waals surface area contributed by atoms with Crippen molar-refractivity contribution in [3.8, 4) is 0 Å². The van der Waals surface area contributed by atoms with Crippen LogP contribution in [-0.2, 0) is 21.2 Å². The van der Waals surface area contributed by atoms with Crippen molar-refractivity contribution in [2.45, 2.75) is 6.42 Å². The molecule has 0 aliphatic carbocycles. The summed E-state index contributed by atoms with van der Waals surface area (Å²) in [5.74, 6) is -0.430. The molecule has 0 unspecified atom stereocenters. The standard InChI is InChI=1S/C18H14Cl2N4O3S2/c19-12-4-3-11(15(20)9-12)8-13-10-21-18(28-13)22-17(25)14-2-1-5-24-6-7-29(26,27)23-16(14)24/h1-5,9-10H,6-8H2,(H,21,22,25). The van der Waals surface area contributed by atoms with Gasteiger partial charge in [-0.3, -0.25) is 10.1 Å². The highest BCUT2D eigenvalue weighted by molar-refractivity contribution is 7.90. The van der Waals surface area contributed by atoms with Gasteiger partial charge < -0.3 is 4.90 Å². The Morgan fingerprint density at radius 2 is 2.14 bits per heavy atom. The first-order chi connectivity index (χ1) is 13.8. The Morgan fingerprint density at radius 3 is 2.93 bits per heavy atom. The summed E-state index contributed by atoms with van der Waals surface area (Å²) in [5.41, 5.74) is 1.07. The third kappa shape index (κ3) is 4.53. The summed E-state index contributed by atoms with van der Waals surface area (Å²) < 4.78 is 27.4. The van der Waals surface area contributed by atoms with Crippen LogP contribution in [0.1, 0.15) is 10.4 Å². The first-order valence-electron chi connectivity index (χ1n) is 8.49. The Labute approximate surface area is 181 Å². The summed E-state index contributed by atoms with van der Waals surface area (Å²) in [5, 5.41) is 4.24. The van der Waals surface area contributed by atoms with Crippen molar-refractivity contribution in [3.63, 3.8) is 0 Å². The smallest absolute Gasteiger partial charge is 0.261 e. The summed E-state index contributed by atoms with van der Waals surface area (Å²) in [6.07, 6.45) is 7.12. The summed E-state index contributed by atoms with van der Waals surface area (Å²) >= 11 is 13.4. The topological polar surface area (TPSA) is 91.7 Å². The minimum absolute atomic E-state index is 0.0845. The maximum Gasteiger partial charge on any atom is 0.261 e. The van der Waals surface area contributed by atoms with Gasteiger partial charge in [-0.15, -0.1) is 15.7 Å². The second-order valence-electron chi connectivity index (χ2n) is 6.31. The van der Waals surface area contributed by atoms with Crippen molar-refractivity contribution in [3.05, 3.63) is 68.8 Å². The molecule has 4 rings (SSSR count). The van der Waals surface area contributed by atoms with E-state index >= 15 is 0 Å². The summed E-state index contributed by atoms with van der Waals surface area (Å²) in [6, 6.07) is 5.29. The fourth-order valence-corrected chi connectivity index (χ4v) is 5.15. The number of hydrogen-bond acceptors (Lipinski definition) is 6. The zero-order valence-corrected chi connectivity index (χ0v) is 17.9. The van der Waals surface area contributed by atoms with Gasteiger partial charge in [-0.25, -0.2) is 13.4 Å². The lowest BCUT2D eigenvalue weighted by Gasteiger charge is -2.28. The molecule has 1 amide bonds. The van der Waals surface area contributed by atoms with Crippen molar-refractivity contribution >= 4 is 61.4 Å². The van der Waals surface area contributed by atoms with E-state index in [-0.39, 0.29) is 23.7 Å². The molecule has 0 fully saturated rings. The molecule has 11 heteroatoms. The molecule has 0 atom stereocenters. The van der Waals surface area contributed by atoms with E-state index in [0.29, 0.717) is 21.6 Å². The molecule has 0 saturated heterocycles. The van der Waals surface area contributed by atoms with E-state index in [9.17, 15) is 13.2 Å². The molecule has 3 heterocycles. The van der Waals surface area contributed by atoms with Crippen molar-refractivity contribution < 1.29 is 13.2 Å². The van der Waals surface area contributed by atoms with Gasteiger partial charge >= 0.3 is 0 Å². The monoisotopic (exact) mass is 468 g/mol. The molecule has 0 saturated carbocycles. The van der Waals surface area contributed by atoms with Crippen LogP contribution in [0.5, 0.6) is 0 Å². The normalized spacial score (nSPS) is 17.4. The van der Waals surface area contributed by atoms with E-state index in [1.54, 1.807) is 35.5 Å². The van der Waals surface area contributed by atoms with E-state index in [1.807, 2.05) is 6.07 Å². The van der Waals surface area contributed by atoms with Crippen LogP contribution in [0.25, 0.3) is 0 Å². The molecule has 1 aromatic carbocycles. The number of hydrogen-bond donors (Lipinski definition) is 1. The summed E-state index contributed by atoms with van der Waals surface area (Å²) in [6.45, 7) is 0.255. The van der Waals surface area contributed by atoms with Gasteiger partial charge in [-0.1, -0.05) is 29.3 Å². The van der Waals surface area contributed by atoms with Gasteiger partial charge in [0.05, 0.1) is 11.3 Å². The van der Waals surface area contributed by atoms with Crippen molar-refractivity contribution in [1.29, 1.82) is 0 Å². The predicted molar refractivity (Wildman–Crippen MR) is 115 cm³/mol. The fraction of sp³-hybridized carbons (Fsp3) is 0.167. The van der Waals surface area contributed by atoms with Crippen molar-refractivity contribution in [1.82, 2.24) is 9.88 Å². The van der Waals surface area contributed by atoms with Crippen LogP contribution in [0.4, 0.5) is 5.13 Å². The Kier molecular flexibility index (Phi) is 5.48. The zero-order chi connectivity index (χ0) is 20.6. The number of benzene rings is 1. The molecular formula is C18H14Cl2N4O3S2. The lowest BCUT2D eigenvalue weighted by atomic mass is 10.1. The number of nitrogens with one attached hydrogen (secondary N) is 1. The van der Waals surface area contributed by atoms with Crippen LogP contribution in [0.15, 0.2) is 52.7 Å². The first kappa shape index (κ1) is 20.1. The molecule has 2 aromatic rings. The molecule has 1 aromatic heterocycles. The number of amidine groups is 1. The van der Waals surface area contributed by atoms with Crippen LogP contribution in [0, 0.1) is 0 Å². The molecule has 150 valence electrons. The number of fused-ring (bicyclic) bond motifs is 1. The zero-order valence-electron chi connectivity index (χ0n) is 14.8. The van der Waals surface area contributed by atoms with E-state index in [2.05, 4.69) is 14.7 Å². The largest absolute Gasteiger partial charge is 0.331 e. The molecule has 2 aliphatic heterocycles. The van der Waals surface area contributed by atoms with Gasteiger partial charge in [0.2, 0.25) is 0 Å². The highest BCUT2D eigenvalue weighted by Gasteiger charge is 2.30. The number of sulfonamides is 1. The highest BCUT2D eigenvalue weighted by atomic mass is 35.5. The van der Waals surface area contributed by atoms with Gasteiger partial charge in [-0.2, -0.15) is 0 Å². The van der Waals surface area contributed by atoms with E-state index in [4.69, 9.17) is 23.2 Å². The average Bonchev–Trinajstić information content (AvgIpc) is 3.09. The van der Waals surface area contributed by atoms with Crippen LogP contribution in [-0.4, -0.2) is 42.3 Å². The van der Waals surface area contributed by atoms with Gasteiger partial charge in [-0.05, 0) is 29.8 Å². The first-order valence-corrected chi connectivity index (χ1v) is 11.7. The van der Waals surface area contributed by atoms with E-state index < -0.39 is 15.9 Å². The maximum absolute atomic E-state index is 12.7. The maximum atomic E-state index is 12.7. The Bertz CT molecular complexity index is 1190. The van der Waals surface area contributed by atoms with E-state index in [0.717, 1.165) is 10.4 Å². The third-order valence-electron chi connectivity index (χ3n) is 4.26. The van der Waals surface area contributed by atoms with Crippen LogP contribution < -0.4 is 5.32 Å². The third-order valence-corrected chi connectivity index (χ3v) is 6.91. The lowest BCUT2D eigenvalue weighted by Crippen LogP contribution is -2.40. The van der Waals surface area contributed by atoms with Gasteiger partial charge in [0, 0.05) is 40.3 Å². The Balaban J connectivity index is 1.50. The van der Waals surface area contributed by atoms with Gasteiger partial charge in [0.25, 0.3) is 15.9 Å². The SMILES string of the molecule is O=C(Nc1ncc(Cc2ccc(Cl)cc2Cl)s1)C1=CC=CN2CCS(=O)(=O)N=C12. The second-order valence-corrected chi connectivity index (χ2v) is 10.0. The molecule has 0 bridgehead atoms. The molecule has 0 radical (unpaired) electrons. The van der Waals surface area contributed by atoms with Gasteiger partial charge in [0.15, 0.2) is 11.0 Å². The predicted octanol–water partition coefficient (Wildman–Crippen LogP) is 3.48. The molecule has 7 nitrogen and oxygen atoms in total. The van der Waals surface area contributed by atoms with Gasteiger partial charge in [0.1, 0.15) is 0 Å². The Morgan fingerprint density at radius 1 is 1.31 bits per heavy atom. The number of anilines is 1. The van der Waals surface area contributed by atoms with Crippen molar-refractivity contribution in [2.24, 2.45) is 4.40 Å². The molecule has 2 aliphatic rings. The minimum atomic E-state index is -3.57. The fourth-order valence-electron chi connectivity index (χ4n) is 2.86. The highest BCUT2D eigenvalue weighted by Crippen LogP contribution is 2.27. The van der Waals surface area contributed by atoms with Crippen LogP contribution >= 0.6 is 34.5 Å². The van der Waals surface area contributed by atoms with E-state index in [1.165, 1.54) is 17.4 Å². The lowest BCUT2D eigenvalue weighted by molar-refractivity contribution is -0.112. The number of thiazole rings is 1. The summed E-state index contributed by atoms with van der Waals surface area (Å²) in [7, 11) is -3.57. The Hall–Kier alpha value is -2.20. The van der Waals surface area contributed by atoms with Crippen LogP contribution in [0.2, 0.25) is 10.0 Å². The second kappa shape index (κ2) is 7.91. The van der Waals surface area contributed by atoms with Crippen LogP contribution in [0.3, 0.4) is 0 Å². The molecule has 0 spiro atoms. The number of nitrogens with zero attached hydrogens (tertiary/aromatic N) is 3. The van der Waals surface area contributed by atoms with Crippen molar-refractivity contribution in [2.75, 3.05) is 17.6 Å². The molecule has 1 N–H and O–H groups in total. The molecular weight excluding hydrogens is 455 g/mol. The number of carbonyl (C=O) groups excluding carboxylic acids is 1.